The van der Waals surface area contributed by atoms with Gasteiger partial charge >= 0.3 is 0 Å². The molecule has 2 aromatic heterocycles. The Morgan fingerprint density at radius 1 is 0.413 bits per heavy atom. The van der Waals surface area contributed by atoms with E-state index in [0.717, 1.165) is 22.7 Å². The van der Waals surface area contributed by atoms with Gasteiger partial charge in [-0.15, -0.1) is 0 Å². The van der Waals surface area contributed by atoms with Crippen molar-refractivity contribution in [1.29, 1.82) is 0 Å². The van der Waals surface area contributed by atoms with E-state index < -0.39 is 0 Å². The first kappa shape index (κ1) is 25.3. The molecule has 0 amide bonds. The lowest BCUT2D eigenvalue weighted by Gasteiger charge is -2.23. The number of benzene rings is 7. The van der Waals surface area contributed by atoms with Gasteiger partial charge in [-0.2, -0.15) is 0 Å². The predicted octanol–water partition coefficient (Wildman–Crippen LogP) is 11.1. The normalized spacial score (nSPS) is 12.4. The first-order valence-corrected chi connectivity index (χ1v) is 15.8. The highest BCUT2D eigenvalue weighted by molar-refractivity contribution is 6.12. The fourth-order valence-corrected chi connectivity index (χ4v) is 7.60. The fourth-order valence-electron chi connectivity index (χ4n) is 7.60. The van der Waals surface area contributed by atoms with Gasteiger partial charge in [0, 0.05) is 38.5 Å². The Balaban J connectivity index is 1.25. The van der Waals surface area contributed by atoms with Crippen LogP contribution in [-0.2, 0) is 6.61 Å². The summed E-state index contributed by atoms with van der Waals surface area (Å²) in [6.45, 7) is 0.582. The van der Waals surface area contributed by atoms with E-state index in [0.29, 0.717) is 6.61 Å². The minimum absolute atomic E-state index is 0.582. The summed E-state index contributed by atoms with van der Waals surface area (Å²) in [5.74, 6) is 0.944. The van der Waals surface area contributed by atoms with Crippen LogP contribution in [0.25, 0.3) is 77.2 Å². The minimum Gasteiger partial charge on any atom is -0.488 e. The van der Waals surface area contributed by atoms with Crippen LogP contribution in [0.4, 0.5) is 0 Å². The molecule has 3 nitrogen and oxygen atoms in total. The van der Waals surface area contributed by atoms with Gasteiger partial charge in [0.2, 0.25) is 0 Å². The second kappa shape index (κ2) is 9.72. The maximum Gasteiger partial charge on any atom is 0.127 e. The second-order valence-corrected chi connectivity index (χ2v) is 12.1. The Morgan fingerprint density at radius 2 is 1.02 bits per heavy atom. The van der Waals surface area contributed by atoms with E-state index in [9.17, 15) is 0 Å². The molecule has 1 aliphatic heterocycles. The molecule has 0 bridgehead atoms. The minimum atomic E-state index is 0.582. The molecular weight excluding hydrogens is 560 g/mol. The summed E-state index contributed by atoms with van der Waals surface area (Å²) < 4.78 is 10.9. The summed E-state index contributed by atoms with van der Waals surface area (Å²) in [7, 11) is 0. The van der Waals surface area contributed by atoms with Gasteiger partial charge in [-0.1, -0.05) is 109 Å². The van der Waals surface area contributed by atoms with Gasteiger partial charge < -0.3 is 13.9 Å². The SMILES string of the molecule is c1ccc(-n2c3cc(-c4cccc5c4-c4ccccc4OC5)ccc3c3ccc(-n4c5ccccc5c5ccccc54)cc32)cc1. The van der Waals surface area contributed by atoms with E-state index in [-0.39, 0.29) is 0 Å². The lowest BCUT2D eigenvalue weighted by molar-refractivity contribution is 0.302. The summed E-state index contributed by atoms with van der Waals surface area (Å²) in [6, 6.07) is 57.0. The van der Waals surface area contributed by atoms with Gasteiger partial charge in [0.25, 0.3) is 0 Å². The van der Waals surface area contributed by atoms with Crippen molar-refractivity contribution in [3.8, 4) is 39.4 Å². The monoisotopic (exact) mass is 588 g/mol. The Kier molecular flexibility index (Phi) is 5.34. The van der Waals surface area contributed by atoms with E-state index >= 15 is 0 Å². The first-order chi connectivity index (χ1) is 22.8. The lowest BCUT2D eigenvalue weighted by atomic mass is 9.88. The van der Waals surface area contributed by atoms with Crippen molar-refractivity contribution in [2.24, 2.45) is 0 Å². The molecule has 46 heavy (non-hydrogen) atoms. The van der Waals surface area contributed by atoms with Gasteiger partial charge in [-0.25, -0.2) is 0 Å². The summed E-state index contributed by atoms with van der Waals surface area (Å²) >= 11 is 0. The summed E-state index contributed by atoms with van der Waals surface area (Å²) in [5.41, 5.74) is 13.2. The molecule has 3 heterocycles. The third-order valence-electron chi connectivity index (χ3n) is 9.61. The largest absolute Gasteiger partial charge is 0.488 e. The van der Waals surface area contributed by atoms with Crippen LogP contribution in [0.5, 0.6) is 5.75 Å². The Hall–Kier alpha value is -6.06. The third-order valence-corrected chi connectivity index (χ3v) is 9.61. The van der Waals surface area contributed by atoms with Crippen LogP contribution in [0, 0.1) is 0 Å². The van der Waals surface area contributed by atoms with Gasteiger partial charge in [-0.3, -0.25) is 0 Å². The molecule has 0 radical (unpaired) electrons. The molecule has 0 saturated heterocycles. The molecule has 0 fully saturated rings. The number of hydrogen-bond donors (Lipinski definition) is 0. The van der Waals surface area contributed by atoms with E-state index in [2.05, 4.69) is 161 Å². The molecule has 0 saturated carbocycles. The van der Waals surface area contributed by atoms with Crippen molar-refractivity contribution in [1.82, 2.24) is 9.13 Å². The molecule has 10 rings (SSSR count). The van der Waals surface area contributed by atoms with Crippen LogP contribution in [0.2, 0.25) is 0 Å². The zero-order valence-electron chi connectivity index (χ0n) is 25.0. The molecule has 0 atom stereocenters. The number of hydrogen-bond acceptors (Lipinski definition) is 1. The van der Waals surface area contributed by atoms with Crippen LogP contribution in [-0.4, -0.2) is 9.13 Å². The summed E-state index contributed by atoms with van der Waals surface area (Å²) in [4.78, 5) is 0. The van der Waals surface area contributed by atoms with Crippen LogP contribution >= 0.6 is 0 Å². The topological polar surface area (TPSA) is 19.1 Å². The average Bonchev–Trinajstić information content (AvgIpc) is 3.63. The second-order valence-electron chi connectivity index (χ2n) is 12.1. The van der Waals surface area contributed by atoms with Crippen molar-refractivity contribution >= 4 is 43.6 Å². The van der Waals surface area contributed by atoms with Crippen molar-refractivity contribution in [2.45, 2.75) is 6.61 Å². The quantitative estimate of drug-likeness (QED) is 0.201. The summed E-state index contributed by atoms with van der Waals surface area (Å²) in [6.07, 6.45) is 0. The van der Waals surface area contributed by atoms with Gasteiger partial charge in [0.05, 0.1) is 22.1 Å². The molecule has 9 aromatic rings. The maximum absolute atomic E-state index is 6.12. The molecule has 7 aromatic carbocycles. The average molecular weight is 589 g/mol. The van der Waals surface area contributed by atoms with Gasteiger partial charge in [0.15, 0.2) is 0 Å². The zero-order valence-corrected chi connectivity index (χ0v) is 25.0. The lowest BCUT2D eigenvalue weighted by Crippen LogP contribution is -2.06. The van der Waals surface area contributed by atoms with E-state index in [1.165, 1.54) is 65.9 Å². The molecule has 0 aliphatic carbocycles. The van der Waals surface area contributed by atoms with Crippen molar-refractivity contribution < 1.29 is 4.74 Å². The first-order valence-electron chi connectivity index (χ1n) is 15.8. The highest BCUT2D eigenvalue weighted by atomic mass is 16.5. The van der Waals surface area contributed by atoms with Gasteiger partial charge in [-0.05, 0) is 70.8 Å². The Morgan fingerprint density at radius 3 is 1.83 bits per heavy atom. The van der Waals surface area contributed by atoms with Gasteiger partial charge in [0.1, 0.15) is 12.4 Å². The number of para-hydroxylation sites is 4. The molecule has 0 spiro atoms. The Bertz CT molecular complexity index is 2590. The predicted molar refractivity (Wildman–Crippen MR) is 190 cm³/mol. The van der Waals surface area contributed by atoms with Crippen LogP contribution < -0.4 is 4.74 Å². The fraction of sp³-hybridized carbons (Fsp3) is 0.0233. The van der Waals surface area contributed by atoms with Crippen LogP contribution in [0.1, 0.15) is 5.56 Å². The molecule has 1 aliphatic rings. The van der Waals surface area contributed by atoms with Crippen molar-refractivity contribution in [3.63, 3.8) is 0 Å². The van der Waals surface area contributed by atoms with Crippen LogP contribution in [0.3, 0.4) is 0 Å². The number of nitrogens with zero attached hydrogens (tertiary/aromatic N) is 2. The van der Waals surface area contributed by atoms with Crippen LogP contribution in [0.15, 0.2) is 158 Å². The molecule has 0 N–H and O–H groups in total. The highest BCUT2D eigenvalue weighted by Crippen LogP contribution is 2.44. The van der Waals surface area contributed by atoms with Crippen molar-refractivity contribution in [2.75, 3.05) is 0 Å². The van der Waals surface area contributed by atoms with Crippen molar-refractivity contribution in [3.05, 3.63) is 163 Å². The number of aromatic nitrogens is 2. The van der Waals surface area contributed by atoms with E-state index in [4.69, 9.17) is 4.74 Å². The zero-order chi connectivity index (χ0) is 30.2. The standard InChI is InChI=1S/C43H28N2O/c1-2-12-30(13-3-1)44-40-25-28(32-17-10-11-29-27-46-42-20-9-6-16-37(42)43(29)32)21-23-35(40)36-24-22-31(26-41(36)44)45-38-18-7-4-14-33(38)34-15-5-8-19-39(34)45/h1-26H,27H2. The number of rotatable bonds is 3. The number of fused-ring (bicyclic) bond motifs is 9. The third kappa shape index (κ3) is 3.60. The molecule has 0 unspecified atom stereocenters. The number of ether oxygens (including phenoxy) is 1. The molecule has 216 valence electrons. The molecular formula is C43H28N2O. The highest BCUT2D eigenvalue weighted by Gasteiger charge is 2.22. The van der Waals surface area contributed by atoms with E-state index in [1.54, 1.807) is 0 Å². The van der Waals surface area contributed by atoms with E-state index in [1.807, 2.05) is 6.07 Å². The Labute approximate surface area is 266 Å². The molecule has 3 heteroatoms. The smallest absolute Gasteiger partial charge is 0.127 e. The summed E-state index contributed by atoms with van der Waals surface area (Å²) in [5, 5.41) is 5.02. The maximum atomic E-state index is 6.12.